The number of carboxylic acids is 1. The normalized spacial score (nSPS) is 10.6. The summed E-state index contributed by atoms with van der Waals surface area (Å²) in [6.45, 7) is 3.42. The summed E-state index contributed by atoms with van der Waals surface area (Å²) in [6.07, 6.45) is 3.13. The minimum Gasteiger partial charge on any atom is -0.481 e. The summed E-state index contributed by atoms with van der Waals surface area (Å²) >= 11 is 0. The van der Waals surface area contributed by atoms with Gasteiger partial charge in [0.1, 0.15) is 29.4 Å². The molecule has 0 atom stereocenters. The minimum absolute atomic E-state index is 0.395. The van der Waals surface area contributed by atoms with Crippen LogP contribution in [0.5, 0.6) is 17.2 Å². The third-order valence-electron chi connectivity index (χ3n) is 4.53. The summed E-state index contributed by atoms with van der Waals surface area (Å²) in [5.41, 5.74) is 3.28. The van der Waals surface area contributed by atoms with Crippen molar-refractivity contribution in [1.29, 1.82) is 0 Å². The lowest BCUT2D eigenvalue weighted by molar-refractivity contribution is -0.139. The minimum atomic E-state index is -1.06. The molecular formula is C23H20N4O4. The zero-order chi connectivity index (χ0) is 21.8. The Morgan fingerprint density at radius 2 is 1.90 bits per heavy atom. The topological polar surface area (TPSA) is 106 Å². The Labute approximate surface area is 178 Å². The van der Waals surface area contributed by atoms with Gasteiger partial charge in [-0.15, -0.1) is 0 Å². The number of carboxylic acid groups (broad SMARTS) is 1. The van der Waals surface area contributed by atoms with Crippen molar-refractivity contribution in [2.45, 2.75) is 13.8 Å². The van der Waals surface area contributed by atoms with E-state index in [-0.39, 0.29) is 0 Å². The fraction of sp³-hybridized carbons (Fsp3) is 0.130. The monoisotopic (exact) mass is 416 g/mol. The molecule has 0 fully saturated rings. The van der Waals surface area contributed by atoms with Crippen molar-refractivity contribution in [2.75, 3.05) is 11.9 Å². The van der Waals surface area contributed by atoms with Crippen LogP contribution in [0.1, 0.15) is 11.3 Å². The Balaban J connectivity index is 1.61. The average molecular weight is 416 g/mol. The van der Waals surface area contributed by atoms with Gasteiger partial charge in [-0.3, -0.25) is 4.98 Å². The molecule has 2 aromatic carbocycles. The van der Waals surface area contributed by atoms with Crippen molar-refractivity contribution >= 4 is 28.4 Å². The first-order valence-corrected chi connectivity index (χ1v) is 9.56. The summed E-state index contributed by atoms with van der Waals surface area (Å²) in [6, 6.07) is 14.7. The molecular weight excluding hydrogens is 396 g/mol. The van der Waals surface area contributed by atoms with Crippen LogP contribution in [0.3, 0.4) is 0 Å². The molecule has 0 radical (unpaired) electrons. The molecule has 0 saturated carbocycles. The number of carbonyl (C=O) groups is 1. The summed E-state index contributed by atoms with van der Waals surface area (Å²) in [7, 11) is 0. The fourth-order valence-electron chi connectivity index (χ4n) is 3.05. The van der Waals surface area contributed by atoms with Gasteiger partial charge in [0.05, 0.1) is 17.1 Å². The van der Waals surface area contributed by atoms with Gasteiger partial charge in [-0.2, -0.15) is 0 Å². The van der Waals surface area contributed by atoms with E-state index < -0.39 is 12.6 Å². The molecule has 0 aliphatic rings. The fourth-order valence-corrected chi connectivity index (χ4v) is 3.05. The molecule has 0 spiro atoms. The second-order valence-electron chi connectivity index (χ2n) is 6.90. The number of aryl methyl sites for hydroxylation is 2. The van der Waals surface area contributed by atoms with Crippen LogP contribution in [0, 0.1) is 13.8 Å². The van der Waals surface area contributed by atoms with Crippen molar-refractivity contribution in [1.82, 2.24) is 15.0 Å². The first-order chi connectivity index (χ1) is 15.0. The van der Waals surface area contributed by atoms with Crippen molar-refractivity contribution in [2.24, 2.45) is 0 Å². The first-order valence-electron chi connectivity index (χ1n) is 9.56. The van der Waals surface area contributed by atoms with Gasteiger partial charge in [-0.05, 0) is 61.9 Å². The number of anilines is 2. The smallest absolute Gasteiger partial charge is 0.341 e. The zero-order valence-electron chi connectivity index (χ0n) is 17.0. The molecule has 31 heavy (non-hydrogen) atoms. The third-order valence-corrected chi connectivity index (χ3v) is 4.53. The summed E-state index contributed by atoms with van der Waals surface area (Å²) in [5.74, 6) is 1.23. The number of pyridine rings is 1. The van der Waals surface area contributed by atoms with Crippen LogP contribution in [-0.2, 0) is 4.79 Å². The predicted octanol–water partition coefficient (Wildman–Crippen LogP) is 4.64. The van der Waals surface area contributed by atoms with Crippen LogP contribution in [0.25, 0.3) is 10.9 Å². The van der Waals surface area contributed by atoms with E-state index in [0.717, 1.165) is 16.9 Å². The number of aromatic nitrogens is 3. The van der Waals surface area contributed by atoms with Gasteiger partial charge in [0.15, 0.2) is 6.61 Å². The van der Waals surface area contributed by atoms with Gasteiger partial charge in [0.2, 0.25) is 0 Å². The standard InChI is InChI=1S/C23H20N4O4/c1-14-10-16(7-9-19(14)31-17-8-6-15(2)24-11-17)27-23-22-18(25-13-26-23)4-3-5-20(22)30-12-21(28)29/h3-11,13H,12H2,1-2H3,(H,28,29)(H,25,26,27). The Kier molecular flexibility index (Phi) is 5.61. The summed E-state index contributed by atoms with van der Waals surface area (Å²) in [4.78, 5) is 23.7. The Hall–Kier alpha value is -4.20. The lowest BCUT2D eigenvalue weighted by Gasteiger charge is -2.14. The number of rotatable bonds is 7. The Morgan fingerprint density at radius 3 is 2.65 bits per heavy atom. The van der Waals surface area contributed by atoms with Crippen molar-refractivity contribution < 1.29 is 19.4 Å². The SMILES string of the molecule is Cc1ccc(Oc2ccc(Nc3ncnc4cccc(OCC(=O)O)c34)cc2C)cn1. The maximum Gasteiger partial charge on any atom is 0.341 e. The van der Waals surface area contributed by atoms with Crippen LogP contribution >= 0.6 is 0 Å². The van der Waals surface area contributed by atoms with Crippen molar-refractivity contribution in [3.63, 3.8) is 0 Å². The predicted molar refractivity (Wildman–Crippen MR) is 116 cm³/mol. The van der Waals surface area contributed by atoms with Gasteiger partial charge in [0.25, 0.3) is 0 Å². The van der Waals surface area contributed by atoms with Gasteiger partial charge in [-0.25, -0.2) is 14.8 Å². The van der Waals surface area contributed by atoms with Crippen LogP contribution in [-0.4, -0.2) is 32.6 Å². The molecule has 0 amide bonds. The van der Waals surface area contributed by atoms with Crippen molar-refractivity contribution in [3.05, 3.63) is 72.3 Å². The number of benzene rings is 2. The zero-order valence-corrected chi connectivity index (χ0v) is 17.0. The first kappa shape index (κ1) is 20.1. The number of aliphatic carboxylic acids is 1. The highest BCUT2D eigenvalue weighted by Crippen LogP contribution is 2.33. The maximum absolute atomic E-state index is 10.9. The highest BCUT2D eigenvalue weighted by Gasteiger charge is 2.12. The molecule has 2 aromatic heterocycles. The largest absolute Gasteiger partial charge is 0.481 e. The summed E-state index contributed by atoms with van der Waals surface area (Å²) < 4.78 is 11.4. The molecule has 4 aromatic rings. The van der Waals surface area contributed by atoms with E-state index >= 15 is 0 Å². The van der Waals surface area contributed by atoms with Gasteiger partial charge in [0, 0.05) is 11.4 Å². The van der Waals surface area contributed by atoms with E-state index in [1.165, 1.54) is 6.33 Å². The van der Waals surface area contributed by atoms with Crippen LogP contribution < -0.4 is 14.8 Å². The Morgan fingerprint density at radius 1 is 1.03 bits per heavy atom. The number of hydrogen-bond donors (Lipinski definition) is 2. The van der Waals surface area contributed by atoms with E-state index in [1.807, 2.05) is 50.2 Å². The van der Waals surface area contributed by atoms with E-state index in [9.17, 15) is 4.79 Å². The molecule has 0 aliphatic heterocycles. The number of nitrogens with one attached hydrogen (secondary N) is 1. The van der Waals surface area contributed by atoms with E-state index in [2.05, 4.69) is 20.3 Å². The molecule has 2 heterocycles. The second-order valence-corrected chi connectivity index (χ2v) is 6.90. The highest BCUT2D eigenvalue weighted by molar-refractivity contribution is 5.96. The number of hydrogen-bond acceptors (Lipinski definition) is 7. The van der Waals surface area contributed by atoms with E-state index in [4.69, 9.17) is 14.6 Å². The molecule has 0 unspecified atom stereocenters. The molecule has 4 rings (SSSR count). The lowest BCUT2D eigenvalue weighted by atomic mass is 10.1. The molecule has 0 aliphatic carbocycles. The Bertz CT molecular complexity index is 1240. The van der Waals surface area contributed by atoms with Gasteiger partial charge >= 0.3 is 5.97 Å². The molecule has 2 N–H and O–H groups in total. The van der Waals surface area contributed by atoms with Crippen LogP contribution in [0.4, 0.5) is 11.5 Å². The lowest BCUT2D eigenvalue weighted by Crippen LogP contribution is -2.10. The van der Waals surface area contributed by atoms with Crippen LogP contribution in [0.2, 0.25) is 0 Å². The molecule has 8 heteroatoms. The van der Waals surface area contributed by atoms with Crippen molar-refractivity contribution in [3.8, 4) is 17.2 Å². The molecule has 8 nitrogen and oxygen atoms in total. The quantitative estimate of drug-likeness (QED) is 0.449. The average Bonchev–Trinajstić information content (AvgIpc) is 2.75. The number of fused-ring (bicyclic) bond motifs is 1. The summed E-state index contributed by atoms with van der Waals surface area (Å²) in [5, 5.41) is 12.8. The van der Waals surface area contributed by atoms with E-state index in [0.29, 0.717) is 34.0 Å². The molecule has 0 saturated heterocycles. The number of nitrogens with zero attached hydrogens (tertiary/aromatic N) is 3. The third kappa shape index (κ3) is 4.69. The maximum atomic E-state index is 10.9. The second kappa shape index (κ2) is 8.66. The molecule has 0 bridgehead atoms. The van der Waals surface area contributed by atoms with E-state index in [1.54, 1.807) is 18.3 Å². The van der Waals surface area contributed by atoms with Gasteiger partial charge < -0.3 is 19.9 Å². The number of ether oxygens (including phenoxy) is 2. The highest BCUT2D eigenvalue weighted by atomic mass is 16.5. The molecule has 156 valence electrons. The van der Waals surface area contributed by atoms with Crippen LogP contribution in [0.15, 0.2) is 61.1 Å². The van der Waals surface area contributed by atoms with Gasteiger partial charge in [-0.1, -0.05) is 6.07 Å².